The molecule has 0 bridgehead atoms. The number of H-pyrrole nitrogens is 1. The van der Waals surface area contributed by atoms with E-state index >= 15 is 0 Å². The van der Waals surface area contributed by atoms with Gasteiger partial charge in [0.2, 0.25) is 0 Å². The number of aromatic amines is 1. The third-order valence-corrected chi connectivity index (χ3v) is 2.74. The minimum absolute atomic E-state index is 0.0218. The van der Waals surface area contributed by atoms with E-state index in [2.05, 4.69) is 25.0 Å². The van der Waals surface area contributed by atoms with Crippen molar-refractivity contribution in [2.45, 2.75) is 12.5 Å². The number of halogens is 1. The van der Waals surface area contributed by atoms with Gasteiger partial charge in [-0.2, -0.15) is 0 Å². The summed E-state index contributed by atoms with van der Waals surface area (Å²) < 4.78 is 17.7. The van der Waals surface area contributed by atoms with Gasteiger partial charge in [0.25, 0.3) is 5.91 Å². The van der Waals surface area contributed by atoms with Gasteiger partial charge in [-0.05, 0) is 6.07 Å². The summed E-state index contributed by atoms with van der Waals surface area (Å²) in [7, 11) is 1.22. The fourth-order valence-corrected chi connectivity index (χ4v) is 1.73. The Bertz CT molecular complexity index is 630. The Morgan fingerprint density at radius 2 is 2.19 bits per heavy atom. The topological polar surface area (TPSA) is 97.0 Å². The van der Waals surface area contributed by atoms with Gasteiger partial charge in [0.1, 0.15) is 11.9 Å². The van der Waals surface area contributed by atoms with E-state index in [1.54, 1.807) is 0 Å². The summed E-state index contributed by atoms with van der Waals surface area (Å²) >= 11 is 0. The lowest BCUT2D eigenvalue weighted by Crippen LogP contribution is -2.43. The van der Waals surface area contributed by atoms with E-state index in [0.29, 0.717) is 5.69 Å². The number of imidazole rings is 1. The number of nitrogens with one attached hydrogen (secondary N) is 2. The molecule has 2 aromatic heterocycles. The average molecular weight is 292 g/mol. The van der Waals surface area contributed by atoms with E-state index in [1.165, 1.54) is 25.8 Å². The van der Waals surface area contributed by atoms with Crippen molar-refractivity contribution in [1.29, 1.82) is 0 Å². The number of carbonyl (C=O) groups is 2. The summed E-state index contributed by atoms with van der Waals surface area (Å²) in [5.41, 5.74) is 0.677. The Balaban J connectivity index is 2.11. The molecule has 2 aromatic rings. The smallest absolute Gasteiger partial charge is 0.328 e. The summed E-state index contributed by atoms with van der Waals surface area (Å²) in [6.45, 7) is 0. The van der Waals surface area contributed by atoms with Crippen molar-refractivity contribution in [2.75, 3.05) is 7.11 Å². The van der Waals surface area contributed by atoms with Gasteiger partial charge < -0.3 is 15.0 Å². The van der Waals surface area contributed by atoms with E-state index < -0.39 is 23.7 Å². The highest BCUT2D eigenvalue weighted by atomic mass is 19.1. The molecular formula is C13H13FN4O3. The van der Waals surface area contributed by atoms with Crippen LogP contribution >= 0.6 is 0 Å². The number of esters is 1. The number of methoxy groups -OCH3 is 1. The summed E-state index contributed by atoms with van der Waals surface area (Å²) in [5, 5.41) is 2.48. The predicted octanol–water partition coefficient (Wildman–Crippen LogP) is 0.458. The lowest BCUT2D eigenvalue weighted by atomic mass is 10.1. The molecular weight excluding hydrogens is 279 g/mol. The third kappa shape index (κ3) is 3.85. The standard InChI is InChI=1S/C13H13FN4O3/c1-21-13(20)11(3-10-6-16-7-17-10)18-12(19)8-2-9(14)5-15-4-8/h2,4-7,11H,3H2,1H3,(H,16,17)(H,18,19)/t11-/m0/s1. The maximum absolute atomic E-state index is 13.0. The maximum Gasteiger partial charge on any atom is 0.328 e. The molecule has 110 valence electrons. The molecule has 0 aliphatic heterocycles. The molecule has 0 aliphatic carbocycles. The van der Waals surface area contributed by atoms with E-state index in [1.807, 2.05) is 0 Å². The van der Waals surface area contributed by atoms with Crippen LogP contribution in [0.25, 0.3) is 0 Å². The summed E-state index contributed by atoms with van der Waals surface area (Å²) in [5.74, 6) is -1.86. The quantitative estimate of drug-likeness (QED) is 0.780. The third-order valence-electron chi connectivity index (χ3n) is 2.74. The first kappa shape index (κ1) is 14.6. The minimum atomic E-state index is -0.911. The Kier molecular flexibility index (Phi) is 4.60. The molecule has 0 unspecified atom stereocenters. The van der Waals surface area contributed by atoms with E-state index in [0.717, 1.165) is 12.3 Å². The predicted molar refractivity (Wildman–Crippen MR) is 69.8 cm³/mol. The van der Waals surface area contributed by atoms with E-state index in [4.69, 9.17) is 0 Å². The van der Waals surface area contributed by atoms with Gasteiger partial charge in [0, 0.05) is 24.5 Å². The van der Waals surface area contributed by atoms with Crippen molar-refractivity contribution in [3.63, 3.8) is 0 Å². The molecule has 0 radical (unpaired) electrons. The average Bonchev–Trinajstić information content (AvgIpc) is 2.98. The van der Waals surface area contributed by atoms with Crippen molar-refractivity contribution >= 4 is 11.9 Å². The zero-order chi connectivity index (χ0) is 15.2. The Morgan fingerprint density at radius 1 is 1.38 bits per heavy atom. The molecule has 0 aliphatic rings. The van der Waals surface area contributed by atoms with Crippen molar-refractivity contribution in [2.24, 2.45) is 0 Å². The first-order valence-corrected chi connectivity index (χ1v) is 6.06. The van der Waals surface area contributed by atoms with Gasteiger partial charge in [-0.1, -0.05) is 0 Å². The molecule has 0 aromatic carbocycles. The fourth-order valence-electron chi connectivity index (χ4n) is 1.73. The summed E-state index contributed by atoms with van der Waals surface area (Å²) in [4.78, 5) is 34.0. The zero-order valence-corrected chi connectivity index (χ0v) is 11.2. The monoisotopic (exact) mass is 292 g/mol. The number of nitrogens with zero attached hydrogens (tertiary/aromatic N) is 2. The summed E-state index contributed by atoms with van der Waals surface area (Å²) in [6.07, 6.45) is 5.37. The molecule has 0 saturated heterocycles. The Hall–Kier alpha value is -2.77. The second kappa shape index (κ2) is 6.60. The second-order valence-electron chi connectivity index (χ2n) is 4.22. The van der Waals surface area contributed by atoms with Crippen LogP contribution in [0, 0.1) is 5.82 Å². The molecule has 1 atom stereocenters. The largest absolute Gasteiger partial charge is 0.467 e. The molecule has 8 heteroatoms. The van der Waals surface area contributed by atoms with Gasteiger partial charge in [-0.3, -0.25) is 9.78 Å². The van der Waals surface area contributed by atoms with Crippen LogP contribution in [0.4, 0.5) is 4.39 Å². The van der Waals surface area contributed by atoms with Crippen molar-refractivity contribution in [3.8, 4) is 0 Å². The van der Waals surface area contributed by atoms with Crippen LogP contribution in [0.1, 0.15) is 16.1 Å². The number of hydrogen-bond acceptors (Lipinski definition) is 5. The molecule has 0 fully saturated rings. The van der Waals surface area contributed by atoms with Gasteiger partial charge in [-0.15, -0.1) is 0 Å². The SMILES string of the molecule is COC(=O)[C@H](Cc1cnc[nH]1)NC(=O)c1cncc(F)c1. The van der Waals surface area contributed by atoms with Crippen LogP contribution < -0.4 is 5.32 Å². The number of ether oxygens (including phenoxy) is 1. The van der Waals surface area contributed by atoms with Gasteiger partial charge in [-0.25, -0.2) is 14.2 Å². The number of carbonyl (C=O) groups excluding carboxylic acids is 2. The van der Waals surface area contributed by atoms with Crippen LogP contribution in [-0.2, 0) is 16.0 Å². The number of aromatic nitrogens is 3. The molecule has 2 heterocycles. The number of pyridine rings is 1. The number of rotatable bonds is 5. The fraction of sp³-hybridized carbons (Fsp3) is 0.231. The van der Waals surface area contributed by atoms with E-state index in [-0.39, 0.29) is 12.0 Å². The van der Waals surface area contributed by atoms with Crippen LogP contribution in [0.3, 0.4) is 0 Å². The van der Waals surface area contributed by atoms with Gasteiger partial charge in [0.05, 0.1) is 25.2 Å². The molecule has 2 rings (SSSR count). The highest BCUT2D eigenvalue weighted by molar-refractivity contribution is 5.96. The van der Waals surface area contributed by atoms with Crippen LogP contribution in [-0.4, -0.2) is 40.0 Å². The van der Waals surface area contributed by atoms with Crippen LogP contribution in [0.15, 0.2) is 31.0 Å². The summed E-state index contributed by atoms with van der Waals surface area (Å²) in [6, 6.07) is 0.124. The van der Waals surface area contributed by atoms with Crippen molar-refractivity contribution in [1.82, 2.24) is 20.3 Å². The highest BCUT2D eigenvalue weighted by Crippen LogP contribution is 2.04. The van der Waals surface area contributed by atoms with Crippen molar-refractivity contribution in [3.05, 3.63) is 48.1 Å². The van der Waals surface area contributed by atoms with Gasteiger partial charge in [0.15, 0.2) is 0 Å². The minimum Gasteiger partial charge on any atom is -0.467 e. The van der Waals surface area contributed by atoms with Crippen molar-refractivity contribution < 1.29 is 18.7 Å². The van der Waals surface area contributed by atoms with Crippen LogP contribution in [0.5, 0.6) is 0 Å². The zero-order valence-electron chi connectivity index (χ0n) is 11.2. The number of amides is 1. The molecule has 2 N–H and O–H groups in total. The molecule has 0 spiro atoms. The maximum atomic E-state index is 13.0. The second-order valence-corrected chi connectivity index (χ2v) is 4.22. The first-order valence-electron chi connectivity index (χ1n) is 6.06. The first-order chi connectivity index (χ1) is 10.1. The highest BCUT2D eigenvalue weighted by Gasteiger charge is 2.23. The molecule has 0 saturated carbocycles. The lowest BCUT2D eigenvalue weighted by Gasteiger charge is -2.15. The van der Waals surface area contributed by atoms with E-state index in [9.17, 15) is 14.0 Å². The van der Waals surface area contributed by atoms with Gasteiger partial charge >= 0.3 is 5.97 Å². The Labute approximate surface area is 119 Å². The molecule has 21 heavy (non-hydrogen) atoms. The Morgan fingerprint density at radius 3 is 2.81 bits per heavy atom. The normalized spacial score (nSPS) is 11.7. The molecule has 7 nitrogen and oxygen atoms in total. The number of hydrogen-bond donors (Lipinski definition) is 2. The molecule has 1 amide bonds. The van der Waals surface area contributed by atoms with Crippen LogP contribution in [0.2, 0.25) is 0 Å². The lowest BCUT2D eigenvalue weighted by molar-refractivity contribution is -0.142.